The first-order chi connectivity index (χ1) is 7.65. The molecule has 1 amide bonds. The molecule has 1 unspecified atom stereocenters. The van der Waals surface area contributed by atoms with Crippen molar-refractivity contribution in [1.29, 1.82) is 0 Å². The lowest BCUT2D eigenvalue weighted by Gasteiger charge is -2.24. The van der Waals surface area contributed by atoms with Crippen LogP contribution in [0.1, 0.15) is 24.6 Å². The topological polar surface area (TPSA) is 75.4 Å². The van der Waals surface area contributed by atoms with Crippen molar-refractivity contribution in [2.45, 2.75) is 24.9 Å². The van der Waals surface area contributed by atoms with Gasteiger partial charge in [-0.3, -0.25) is 4.79 Å². The number of carboxylic acid groups (broad SMARTS) is 1. The van der Waals surface area contributed by atoms with E-state index in [1.54, 1.807) is 11.6 Å². The number of carboxylic acids is 1. The second kappa shape index (κ2) is 3.96. The minimum atomic E-state index is -1.03. The molecule has 1 saturated carbocycles. The Labute approximate surface area is 92.5 Å². The van der Waals surface area contributed by atoms with Crippen molar-refractivity contribution in [2.75, 3.05) is 0 Å². The summed E-state index contributed by atoms with van der Waals surface area (Å²) >= 11 is 0. The molecule has 1 aromatic heterocycles. The summed E-state index contributed by atoms with van der Waals surface area (Å²) in [7, 11) is 1.72. The average molecular weight is 223 g/mol. The third kappa shape index (κ3) is 1.78. The van der Waals surface area contributed by atoms with Crippen LogP contribution in [-0.4, -0.2) is 38.0 Å². The number of imidazole rings is 1. The molecule has 1 aromatic rings. The first-order valence-corrected chi connectivity index (χ1v) is 5.07. The van der Waals surface area contributed by atoms with E-state index >= 15 is 0 Å². The molecule has 6 nitrogen and oxygen atoms in total. The monoisotopic (exact) mass is 223 g/mol. The van der Waals surface area contributed by atoms with E-state index in [2.05, 4.69) is 4.98 Å². The van der Waals surface area contributed by atoms with Crippen LogP contribution in [0.4, 0.5) is 0 Å². The van der Waals surface area contributed by atoms with Crippen molar-refractivity contribution in [2.24, 2.45) is 7.05 Å². The lowest BCUT2D eigenvalue weighted by molar-refractivity contribution is -0.147. The van der Waals surface area contributed by atoms with Crippen LogP contribution in [0.5, 0.6) is 0 Å². The third-order valence-electron chi connectivity index (χ3n) is 2.76. The second-order valence-corrected chi connectivity index (χ2v) is 3.95. The molecule has 1 heterocycles. The molecular weight excluding hydrogens is 210 g/mol. The molecule has 1 N–H and O–H groups in total. The number of carbonyl (C=O) groups is 2. The number of carbonyl (C=O) groups excluding carboxylic acids is 1. The lowest BCUT2D eigenvalue weighted by atomic mass is 10.2. The zero-order valence-corrected chi connectivity index (χ0v) is 8.91. The Morgan fingerprint density at radius 1 is 1.75 bits per heavy atom. The Morgan fingerprint density at radius 2 is 2.44 bits per heavy atom. The molecule has 6 heteroatoms. The van der Waals surface area contributed by atoms with Crippen molar-refractivity contribution in [3.63, 3.8) is 0 Å². The fourth-order valence-corrected chi connectivity index (χ4v) is 1.77. The molecule has 86 valence electrons. The van der Waals surface area contributed by atoms with Gasteiger partial charge in [-0.25, -0.2) is 9.78 Å². The van der Waals surface area contributed by atoms with Crippen molar-refractivity contribution < 1.29 is 14.7 Å². The molecule has 1 atom stereocenters. The number of nitrogens with zero attached hydrogens (tertiary/aromatic N) is 3. The van der Waals surface area contributed by atoms with E-state index in [0.717, 1.165) is 12.8 Å². The maximum absolute atomic E-state index is 11.2. The van der Waals surface area contributed by atoms with Gasteiger partial charge in [0.05, 0.1) is 18.2 Å². The zero-order chi connectivity index (χ0) is 11.7. The third-order valence-corrected chi connectivity index (χ3v) is 2.76. The predicted molar refractivity (Wildman–Crippen MR) is 54.5 cm³/mol. The molecule has 1 fully saturated rings. The molecule has 2 rings (SSSR count). The summed E-state index contributed by atoms with van der Waals surface area (Å²) < 4.78 is 1.62. The molecule has 0 aliphatic heterocycles. The van der Waals surface area contributed by atoms with E-state index in [1.165, 1.54) is 17.4 Å². The van der Waals surface area contributed by atoms with Gasteiger partial charge >= 0.3 is 5.97 Å². The summed E-state index contributed by atoms with van der Waals surface area (Å²) in [6.45, 7) is 0. The molecule has 0 bridgehead atoms. The van der Waals surface area contributed by atoms with Gasteiger partial charge in [0.25, 0.3) is 0 Å². The van der Waals surface area contributed by atoms with Crippen LogP contribution in [0.15, 0.2) is 12.5 Å². The molecule has 1 aliphatic rings. The normalized spacial score (nSPS) is 16.8. The number of aryl methyl sites for hydroxylation is 1. The molecule has 0 aromatic carbocycles. The molecule has 0 radical (unpaired) electrons. The van der Waals surface area contributed by atoms with Gasteiger partial charge in [0, 0.05) is 13.1 Å². The van der Waals surface area contributed by atoms with Crippen LogP contribution >= 0.6 is 0 Å². The van der Waals surface area contributed by atoms with E-state index < -0.39 is 12.0 Å². The van der Waals surface area contributed by atoms with Crippen LogP contribution in [0.3, 0.4) is 0 Å². The summed E-state index contributed by atoms with van der Waals surface area (Å²) in [5.74, 6) is -1.03. The average Bonchev–Trinajstić information content (AvgIpc) is 2.99. The van der Waals surface area contributed by atoms with Gasteiger partial charge < -0.3 is 14.6 Å². The van der Waals surface area contributed by atoms with Crippen LogP contribution < -0.4 is 0 Å². The minimum absolute atomic E-state index is 0.0634. The molecule has 16 heavy (non-hydrogen) atoms. The smallest absolute Gasteiger partial charge is 0.332 e. The zero-order valence-electron chi connectivity index (χ0n) is 8.91. The first kappa shape index (κ1) is 10.7. The van der Waals surface area contributed by atoms with Gasteiger partial charge in [0.2, 0.25) is 6.41 Å². The van der Waals surface area contributed by atoms with Gasteiger partial charge in [-0.1, -0.05) is 0 Å². The fraction of sp³-hybridized carbons (Fsp3) is 0.500. The minimum Gasteiger partial charge on any atom is -0.479 e. The van der Waals surface area contributed by atoms with E-state index in [9.17, 15) is 14.7 Å². The highest BCUT2D eigenvalue weighted by molar-refractivity contribution is 5.77. The van der Waals surface area contributed by atoms with Gasteiger partial charge in [0.1, 0.15) is 0 Å². The largest absolute Gasteiger partial charge is 0.479 e. The molecule has 0 spiro atoms. The fourth-order valence-electron chi connectivity index (χ4n) is 1.77. The Morgan fingerprint density at radius 3 is 2.81 bits per heavy atom. The summed E-state index contributed by atoms with van der Waals surface area (Å²) in [5.41, 5.74) is 0.520. The molecular formula is C10H13N3O3. The first-order valence-electron chi connectivity index (χ1n) is 5.07. The van der Waals surface area contributed by atoms with Crippen molar-refractivity contribution in [1.82, 2.24) is 14.5 Å². The SMILES string of the molecule is Cn1cncc1C(C(=O)O)N(C=O)C1CC1. The van der Waals surface area contributed by atoms with Crippen LogP contribution in [0.2, 0.25) is 0 Å². The Balaban J connectivity index is 2.32. The second-order valence-electron chi connectivity index (χ2n) is 3.95. The van der Waals surface area contributed by atoms with E-state index in [-0.39, 0.29) is 6.04 Å². The molecule has 0 saturated heterocycles. The summed E-state index contributed by atoms with van der Waals surface area (Å²) in [5, 5.41) is 9.21. The number of amides is 1. The van der Waals surface area contributed by atoms with Crippen molar-refractivity contribution in [3.05, 3.63) is 18.2 Å². The number of aliphatic carboxylic acids is 1. The van der Waals surface area contributed by atoms with E-state index in [1.807, 2.05) is 0 Å². The van der Waals surface area contributed by atoms with Crippen molar-refractivity contribution >= 4 is 12.4 Å². The maximum Gasteiger partial charge on any atom is 0.332 e. The van der Waals surface area contributed by atoms with Gasteiger partial charge in [-0.15, -0.1) is 0 Å². The van der Waals surface area contributed by atoms with Crippen LogP contribution in [-0.2, 0) is 16.6 Å². The lowest BCUT2D eigenvalue weighted by Crippen LogP contribution is -2.35. The number of aromatic nitrogens is 2. The summed E-state index contributed by atoms with van der Waals surface area (Å²) in [4.78, 5) is 27.5. The van der Waals surface area contributed by atoms with Gasteiger partial charge in [-0.2, -0.15) is 0 Å². The number of hydrogen-bond donors (Lipinski definition) is 1. The number of rotatable bonds is 5. The Kier molecular flexibility index (Phi) is 2.64. The van der Waals surface area contributed by atoms with Crippen LogP contribution in [0.25, 0.3) is 0 Å². The highest BCUT2D eigenvalue weighted by Gasteiger charge is 2.38. The summed E-state index contributed by atoms with van der Waals surface area (Å²) in [6, 6.07) is -0.869. The standard InChI is InChI=1S/C10H13N3O3/c1-12-5-11-4-8(12)9(10(15)16)13(6-14)7-2-3-7/h4-7,9H,2-3H2,1H3,(H,15,16). The van der Waals surface area contributed by atoms with E-state index in [4.69, 9.17) is 0 Å². The Hall–Kier alpha value is -1.85. The van der Waals surface area contributed by atoms with Crippen LogP contribution in [0, 0.1) is 0 Å². The van der Waals surface area contributed by atoms with Gasteiger partial charge in [0.15, 0.2) is 6.04 Å². The highest BCUT2D eigenvalue weighted by atomic mass is 16.4. The van der Waals surface area contributed by atoms with Gasteiger partial charge in [-0.05, 0) is 12.8 Å². The van der Waals surface area contributed by atoms with E-state index in [0.29, 0.717) is 12.1 Å². The highest BCUT2D eigenvalue weighted by Crippen LogP contribution is 2.33. The molecule has 1 aliphatic carbocycles. The Bertz CT molecular complexity index is 411. The number of hydrogen-bond acceptors (Lipinski definition) is 3. The quantitative estimate of drug-likeness (QED) is 0.722. The summed E-state index contributed by atoms with van der Waals surface area (Å²) in [6.07, 6.45) is 5.38. The maximum atomic E-state index is 11.2. The van der Waals surface area contributed by atoms with Crippen molar-refractivity contribution in [3.8, 4) is 0 Å². The predicted octanol–water partition coefficient (Wildman–Crippen LogP) is 0.167.